The Labute approximate surface area is 241 Å². The van der Waals surface area contributed by atoms with Crippen LogP contribution in [-0.4, -0.2) is 48.1 Å². The third-order valence-electron chi connectivity index (χ3n) is 7.43. The summed E-state index contributed by atoms with van der Waals surface area (Å²) in [6, 6.07) is 6.37. The van der Waals surface area contributed by atoms with Gasteiger partial charge < -0.3 is 15.4 Å². The normalized spacial score (nSPS) is 18.5. The summed E-state index contributed by atoms with van der Waals surface area (Å²) in [7, 11) is 2.91. The first-order chi connectivity index (χ1) is 21.2. The average Bonchev–Trinajstić information content (AvgIpc) is 3.68. The highest BCUT2D eigenvalue weighted by Crippen LogP contribution is 2.38. The Balaban J connectivity index is 1.39. The minimum atomic E-state index is -4.70. The van der Waals surface area contributed by atoms with Crippen LogP contribution in [0.25, 0.3) is 33.1 Å². The van der Waals surface area contributed by atoms with E-state index in [0.717, 1.165) is 6.07 Å². The van der Waals surface area contributed by atoms with Crippen LogP contribution in [0, 0.1) is 0 Å². The van der Waals surface area contributed by atoms with Crippen molar-refractivity contribution in [2.45, 2.75) is 37.5 Å². The summed E-state index contributed by atoms with van der Waals surface area (Å²) in [4.78, 5) is 33.7. The van der Waals surface area contributed by atoms with E-state index in [1.165, 1.54) is 47.0 Å². The van der Waals surface area contributed by atoms with Crippen LogP contribution in [0.2, 0.25) is 0 Å². The van der Waals surface area contributed by atoms with Crippen molar-refractivity contribution >= 4 is 39.7 Å². The molecule has 4 aromatic heterocycles. The van der Waals surface area contributed by atoms with Crippen molar-refractivity contribution in [1.29, 1.82) is 0 Å². The molecule has 14 heteroatoms. The van der Waals surface area contributed by atoms with Crippen LogP contribution < -0.4 is 16.3 Å². The number of nitrogens with zero attached hydrogens (tertiary/aromatic N) is 6. The molecular weight excluding hydrogens is 553 g/mol. The maximum atomic E-state index is 14.2. The van der Waals surface area contributed by atoms with E-state index in [2.05, 4.69) is 30.4 Å². The molecule has 0 spiro atoms. The van der Waals surface area contributed by atoms with Gasteiger partial charge in [0.2, 0.25) is 0 Å². The van der Waals surface area contributed by atoms with Crippen LogP contribution in [0.5, 0.6) is 0 Å². The van der Waals surface area contributed by atoms with Gasteiger partial charge in [-0.15, -0.1) is 0 Å². The van der Waals surface area contributed by atoms with Crippen LogP contribution >= 0.6 is 0 Å². The second-order valence-electron chi connectivity index (χ2n) is 10.2. The number of fused-ring (bicyclic) bond motifs is 2. The molecule has 1 fully saturated rings. The van der Waals surface area contributed by atoms with E-state index < -0.39 is 36.5 Å². The molecule has 1 amide bonds. The molecule has 4 heterocycles. The maximum absolute atomic E-state index is 14.2. The zero-order valence-electron chi connectivity index (χ0n) is 25.4. The Kier molecular flexibility index (Phi) is 5.77. The fraction of sp³-hybridized carbons (Fsp3) is 0.321. The summed E-state index contributed by atoms with van der Waals surface area (Å²) in [5.74, 6) is 0.190. The standard InChI is InChI=1S/C28H27F3N8O3/c1-37-14-17(12-33-37)16-8-15-4-7-23(36-25(15)20(9-16)28(29,30)31)35-24-11-21-22(13-32-24)38(2)27(41)39(21)19-6-5-18(10-19)34-26(40)42-3/h4,7-9,11-14,18-19H,5-6,10H2,1-3H3,(H,34,40)(H,32,35,36)/t18-,19-/m1/s1/i2D3. The summed E-state index contributed by atoms with van der Waals surface area (Å²) < 4.78 is 74.6. The fourth-order valence-corrected chi connectivity index (χ4v) is 5.48. The molecule has 0 bridgehead atoms. The summed E-state index contributed by atoms with van der Waals surface area (Å²) in [5.41, 5.74) is -0.790. The zero-order valence-corrected chi connectivity index (χ0v) is 22.4. The lowest BCUT2D eigenvalue weighted by atomic mass is 10.0. The molecular formula is C28H27F3N8O3. The van der Waals surface area contributed by atoms with Crippen LogP contribution in [-0.2, 0) is 24.9 Å². The van der Waals surface area contributed by atoms with Gasteiger partial charge in [0.25, 0.3) is 0 Å². The molecule has 1 aliphatic carbocycles. The van der Waals surface area contributed by atoms with E-state index >= 15 is 0 Å². The number of benzene rings is 1. The number of carbonyl (C=O) groups excluding carboxylic acids is 1. The van der Waals surface area contributed by atoms with E-state index in [1.807, 2.05) is 0 Å². The summed E-state index contributed by atoms with van der Waals surface area (Å²) in [6.45, 7) is -2.80. The lowest BCUT2D eigenvalue weighted by Crippen LogP contribution is -2.33. The quantitative estimate of drug-likeness (QED) is 0.302. The Bertz CT molecular complexity index is 2000. The maximum Gasteiger partial charge on any atom is 0.418 e. The number of methoxy groups -OCH3 is 1. The molecule has 1 aromatic carbocycles. The van der Waals surface area contributed by atoms with Crippen molar-refractivity contribution in [1.82, 2.24) is 34.2 Å². The molecule has 11 nitrogen and oxygen atoms in total. The van der Waals surface area contributed by atoms with Gasteiger partial charge in [0.05, 0.1) is 41.6 Å². The Morgan fingerprint density at radius 3 is 2.67 bits per heavy atom. The van der Waals surface area contributed by atoms with Crippen LogP contribution in [0.1, 0.15) is 35.0 Å². The lowest BCUT2D eigenvalue weighted by molar-refractivity contribution is -0.136. The number of hydrogen-bond acceptors (Lipinski definition) is 7. The predicted molar refractivity (Wildman–Crippen MR) is 149 cm³/mol. The van der Waals surface area contributed by atoms with Crippen molar-refractivity contribution < 1.29 is 26.8 Å². The van der Waals surface area contributed by atoms with Gasteiger partial charge in [0.15, 0.2) is 0 Å². The monoisotopic (exact) mass is 583 g/mol. The zero-order chi connectivity index (χ0) is 32.3. The van der Waals surface area contributed by atoms with E-state index in [1.54, 1.807) is 19.3 Å². The molecule has 0 saturated heterocycles. The van der Waals surface area contributed by atoms with E-state index in [9.17, 15) is 22.8 Å². The van der Waals surface area contributed by atoms with Crippen LogP contribution in [0.3, 0.4) is 0 Å². The lowest BCUT2D eigenvalue weighted by Gasteiger charge is -2.15. The second-order valence-corrected chi connectivity index (χ2v) is 10.2. The van der Waals surface area contributed by atoms with Crippen molar-refractivity contribution in [2.75, 3.05) is 12.4 Å². The van der Waals surface area contributed by atoms with Gasteiger partial charge in [0.1, 0.15) is 11.6 Å². The number of aromatic nitrogens is 6. The molecule has 0 unspecified atom stereocenters. The number of aryl methyl sites for hydroxylation is 2. The number of nitrogens with one attached hydrogen (secondary N) is 2. The number of alkyl carbamates (subject to hydrolysis) is 1. The second kappa shape index (κ2) is 10.2. The number of rotatable bonds is 5. The highest BCUT2D eigenvalue weighted by molar-refractivity contribution is 5.89. The number of hydrogen-bond donors (Lipinski definition) is 2. The van der Waals surface area contributed by atoms with Crippen molar-refractivity contribution in [2.24, 2.45) is 14.0 Å². The number of imidazole rings is 1. The number of alkyl halides is 3. The topological polar surface area (TPSA) is 121 Å². The SMILES string of the molecule is [2H]C([2H])([2H])n1c(=O)n([C@@H]2CC[C@@H](NC(=O)OC)C2)c2cc(Nc3ccc4cc(-c5cnn(C)c5)cc(C(F)(F)F)c4n3)ncc21. The third-order valence-corrected chi connectivity index (χ3v) is 7.43. The fourth-order valence-electron chi connectivity index (χ4n) is 5.48. The minimum Gasteiger partial charge on any atom is -0.453 e. The van der Waals surface area contributed by atoms with Crippen LogP contribution in [0.4, 0.5) is 29.6 Å². The highest BCUT2D eigenvalue weighted by Gasteiger charge is 2.34. The Hall–Kier alpha value is -4.88. The van der Waals surface area contributed by atoms with Gasteiger partial charge in [-0.1, -0.05) is 0 Å². The van der Waals surface area contributed by atoms with Gasteiger partial charge in [-0.2, -0.15) is 18.3 Å². The molecule has 6 rings (SSSR count). The van der Waals surface area contributed by atoms with E-state index in [0.29, 0.717) is 35.0 Å². The number of ether oxygens (including phenoxy) is 1. The molecule has 218 valence electrons. The summed E-state index contributed by atoms with van der Waals surface area (Å²) in [5, 5.41) is 9.92. The number of anilines is 2. The van der Waals surface area contributed by atoms with Gasteiger partial charge in [-0.05, 0) is 49.1 Å². The summed E-state index contributed by atoms with van der Waals surface area (Å²) in [6.07, 6.45) is 0.381. The molecule has 1 aliphatic rings. The predicted octanol–water partition coefficient (Wildman–Crippen LogP) is 4.90. The van der Waals surface area contributed by atoms with Gasteiger partial charge in [-0.3, -0.25) is 13.8 Å². The first-order valence-electron chi connectivity index (χ1n) is 14.5. The smallest absolute Gasteiger partial charge is 0.418 e. The number of halogens is 3. The number of amides is 1. The largest absolute Gasteiger partial charge is 0.453 e. The van der Waals surface area contributed by atoms with Crippen molar-refractivity contribution in [3.8, 4) is 11.1 Å². The molecule has 0 aliphatic heterocycles. The van der Waals surface area contributed by atoms with Crippen LogP contribution in [0.15, 0.2) is 53.7 Å². The van der Waals surface area contributed by atoms with Gasteiger partial charge in [0, 0.05) is 53.4 Å². The first-order valence-corrected chi connectivity index (χ1v) is 13.0. The molecule has 0 radical (unpaired) electrons. The summed E-state index contributed by atoms with van der Waals surface area (Å²) >= 11 is 0. The highest BCUT2D eigenvalue weighted by atomic mass is 19.4. The van der Waals surface area contributed by atoms with Gasteiger partial charge >= 0.3 is 18.0 Å². The van der Waals surface area contributed by atoms with Gasteiger partial charge in [-0.25, -0.2) is 19.6 Å². The molecule has 1 saturated carbocycles. The van der Waals surface area contributed by atoms with E-state index in [4.69, 9.17) is 4.11 Å². The van der Waals surface area contributed by atoms with Crippen molar-refractivity contribution in [3.05, 3.63) is 65.0 Å². The van der Waals surface area contributed by atoms with E-state index in [-0.39, 0.29) is 39.6 Å². The third kappa shape index (κ3) is 4.92. The molecule has 2 atom stereocenters. The number of carbonyl (C=O) groups is 1. The number of pyridine rings is 2. The Morgan fingerprint density at radius 2 is 1.95 bits per heavy atom. The minimum absolute atomic E-state index is 0.0568. The van der Waals surface area contributed by atoms with Crippen molar-refractivity contribution in [3.63, 3.8) is 0 Å². The molecule has 5 aromatic rings. The molecule has 2 N–H and O–H groups in total. The Morgan fingerprint density at radius 1 is 1.12 bits per heavy atom. The molecule has 42 heavy (non-hydrogen) atoms. The first kappa shape index (κ1) is 23.8. The average molecular weight is 584 g/mol.